The van der Waals surface area contributed by atoms with E-state index in [0.29, 0.717) is 55.5 Å². The summed E-state index contributed by atoms with van der Waals surface area (Å²) in [4.78, 5) is 39.6. The van der Waals surface area contributed by atoms with Crippen LogP contribution in [-0.2, 0) is 14.3 Å². The fourth-order valence-corrected chi connectivity index (χ4v) is 3.86. The molecule has 0 bridgehead atoms. The lowest BCUT2D eigenvalue weighted by Crippen LogP contribution is -2.45. The number of carbonyl (C=O) groups is 3. The van der Waals surface area contributed by atoms with Crippen molar-refractivity contribution in [2.45, 2.75) is 25.7 Å². The molecule has 2 heterocycles. The van der Waals surface area contributed by atoms with E-state index in [1.807, 2.05) is 0 Å². The molecule has 158 valence electrons. The Hall–Kier alpha value is -2.48. The third-order valence-electron chi connectivity index (χ3n) is 5.26. The Balaban J connectivity index is 1.46. The zero-order chi connectivity index (χ0) is 20.8. The van der Waals surface area contributed by atoms with Crippen molar-refractivity contribution in [3.63, 3.8) is 0 Å². The number of nitrogens with zero attached hydrogens (tertiary/aromatic N) is 2. The van der Waals surface area contributed by atoms with Crippen molar-refractivity contribution in [2.24, 2.45) is 5.92 Å². The van der Waals surface area contributed by atoms with Crippen molar-refractivity contribution in [1.82, 2.24) is 9.80 Å². The van der Waals surface area contributed by atoms with Crippen molar-refractivity contribution in [3.05, 3.63) is 23.2 Å². The minimum atomic E-state index is -0.431. The van der Waals surface area contributed by atoms with Crippen molar-refractivity contribution in [1.29, 1.82) is 0 Å². The topological polar surface area (TPSA) is 88.2 Å². The van der Waals surface area contributed by atoms with Gasteiger partial charge in [-0.25, -0.2) is 4.79 Å². The molecule has 0 aromatic heterocycles. The first-order valence-corrected chi connectivity index (χ1v) is 10.2. The predicted octanol–water partition coefficient (Wildman–Crippen LogP) is 2.76. The summed E-state index contributed by atoms with van der Waals surface area (Å²) in [6, 6.07) is 5.06. The number of anilines is 1. The Bertz CT molecular complexity index is 772. The van der Waals surface area contributed by atoms with E-state index in [1.54, 1.807) is 23.1 Å². The predicted molar refractivity (Wildman–Crippen MR) is 108 cm³/mol. The van der Waals surface area contributed by atoms with Gasteiger partial charge in [0.1, 0.15) is 18.9 Å². The second kappa shape index (κ2) is 9.82. The van der Waals surface area contributed by atoms with Gasteiger partial charge in [-0.05, 0) is 43.4 Å². The second-order valence-electron chi connectivity index (χ2n) is 7.32. The summed E-state index contributed by atoms with van der Waals surface area (Å²) in [5.41, 5.74) is 0.544. The van der Waals surface area contributed by atoms with Crippen LogP contribution >= 0.6 is 11.6 Å². The molecule has 0 saturated carbocycles. The van der Waals surface area contributed by atoms with E-state index in [2.05, 4.69) is 5.32 Å². The van der Waals surface area contributed by atoms with Gasteiger partial charge in [0, 0.05) is 24.5 Å². The van der Waals surface area contributed by atoms with Crippen LogP contribution in [0.15, 0.2) is 18.2 Å². The molecule has 0 aliphatic carbocycles. The number of carbonyl (C=O) groups excluding carboxylic acids is 3. The summed E-state index contributed by atoms with van der Waals surface area (Å²) < 4.78 is 10.1. The molecule has 8 nitrogen and oxygen atoms in total. The minimum absolute atomic E-state index is 0.0562. The number of piperidine rings is 1. The molecule has 1 atom stereocenters. The highest BCUT2D eigenvalue weighted by molar-refractivity contribution is 6.31. The number of methoxy groups -OCH3 is 1. The minimum Gasteiger partial charge on any atom is -0.495 e. The third kappa shape index (κ3) is 5.76. The van der Waals surface area contributed by atoms with Gasteiger partial charge in [0.05, 0.1) is 19.3 Å². The highest BCUT2D eigenvalue weighted by atomic mass is 35.5. The molecule has 9 heteroatoms. The normalized spacial score (nSPS) is 19.1. The van der Waals surface area contributed by atoms with Crippen LogP contribution in [0, 0.1) is 5.92 Å². The van der Waals surface area contributed by atoms with Crippen LogP contribution in [0.25, 0.3) is 0 Å². The summed E-state index contributed by atoms with van der Waals surface area (Å²) in [7, 11) is 1.54. The van der Waals surface area contributed by atoms with Crippen molar-refractivity contribution < 1.29 is 23.9 Å². The van der Waals surface area contributed by atoms with Crippen LogP contribution in [0.4, 0.5) is 10.5 Å². The van der Waals surface area contributed by atoms with Crippen LogP contribution < -0.4 is 10.1 Å². The summed E-state index contributed by atoms with van der Waals surface area (Å²) in [6.45, 7) is 2.14. The quantitative estimate of drug-likeness (QED) is 0.728. The number of amides is 3. The molecule has 3 amide bonds. The zero-order valence-corrected chi connectivity index (χ0v) is 17.2. The van der Waals surface area contributed by atoms with E-state index >= 15 is 0 Å². The largest absolute Gasteiger partial charge is 0.495 e. The smallest absolute Gasteiger partial charge is 0.410 e. The lowest BCUT2D eigenvalue weighted by molar-refractivity contribution is -0.133. The molecule has 2 saturated heterocycles. The summed E-state index contributed by atoms with van der Waals surface area (Å²) >= 11 is 5.99. The Kier molecular flexibility index (Phi) is 7.19. The highest BCUT2D eigenvalue weighted by Crippen LogP contribution is 2.28. The van der Waals surface area contributed by atoms with E-state index in [0.717, 1.165) is 12.8 Å². The Morgan fingerprint density at radius 1 is 1.34 bits per heavy atom. The molecule has 2 aliphatic heterocycles. The van der Waals surface area contributed by atoms with Gasteiger partial charge in [0.25, 0.3) is 0 Å². The number of cyclic esters (lactones) is 1. The van der Waals surface area contributed by atoms with Gasteiger partial charge in [-0.2, -0.15) is 0 Å². The monoisotopic (exact) mass is 423 g/mol. The Morgan fingerprint density at radius 2 is 2.17 bits per heavy atom. The van der Waals surface area contributed by atoms with E-state index in [4.69, 9.17) is 21.1 Å². The second-order valence-corrected chi connectivity index (χ2v) is 7.75. The number of rotatable bonds is 7. The maximum Gasteiger partial charge on any atom is 0.410 e. The first-order valence-electron chi connectivity index (χ1n) is 9.79. The third-order valence-corrected chi connectivity index (χ3v) is 5.49. The molecular formula is C20H26ClN3O5. The summed E-state index contributed by atoms with van der Waals surface area (Å²) in [5.74, 6) is 0.623. The Morgan fingerprint density at radius 3 is 2.90 bits per heavy atom. The van der Waals surface area contributed by atoms with Crippen LogP contribution in [0.3, 0.4) is 0 Å². The van der Waals surface area contributed by atoms with Gasteiger partial charge in [0.2, 0.25) is 11.8 Å². The molecular weight excluding hydrogens is 398 g/mol. The van der Waals surface area contributed by atoms with Crippen molar-refractivity contribution in [2.75, 3.05) is 45.2 Å². The summed E-state index contributed by atoms with van der Waals surface area (Å²) in [5, 5.41) is 3.36. The highest BCUT2D eigenvalue weighted by Gasteiger charge is 2.29. The molecule has 0 radical (unpaired) electrons. The molecule has 3 rings (SSSR count). The number of hydrogen-bond donors (Lipinski definition) is 1. The first-order chi connectivity index (χ1) is 14.0. The van der Waals surface area contributed by atoms with E-state index in [9.17, 15) is 14.4 Å². The number of nitrogens with one attached hydrogen (secondary N) is 1. The molecule has 2 fully saturated rings. The van der Waals surface area contributed by atoms with Crippen LogP contribution in [0.5, 0.6) is 5.75 Å². The fourth-order valence-electron chi connectivity index (χ4n) is 3.69. The maximum absolute atomic E-state index is 12.5. The number of ether oxygens (including phenoxy) is 2. The average molecular weight is 424 g/mol. The molecule has 1 N–H and O–H groups in total. The van der Waals surface area contributed by atoms with Gasteiger partial charge in [-0.1, -0.05) is 11.6 Å². The molecule has 1 aromatic carbocycles. The molecule has 0 unspecified atom stereocenters. The fraction of sp³-hybridized carbons (Fsp3) is 0.550. The van der Waals surface area contributed by atoms with Gasteiger partial charge >= 0.3 is 6.09 Å². The number of halogens is 1. The average Bonchev–Trinajstić information content (AvgIpc) is 3.11. The number of hydrogen-bond acceptors (Lipinski definition) is 5. The lowest BCUT2D eigenvalue weighted by atomic mass is 9.93. The van der Waals surface area contributed by atoms with Gasteiger partial charge < -0.3 is 19.7 Å². The van der Waals surface area contributed by atoms with Crippen molar-refractivity contribution >= 4 is 35.2 Å². The van der Waals surface area contributed by atoms with E-state index < -0.39 is 6.09 Å². The van der Waals surface area contributed by atoms with Gasteiger partial charge in [-0.15, -0.1) is 0 Å². The zero-order valence-electron chi connectivity index (χ0n) is 16.5. The molecule has 29 heavy (non-hydrogen) atoms. The van der Waals surface area contributed by atoms with E-state index in [1.165, 1.54) is 12.0 Å². The standard InChI is InChI=1S/C20H26ClN3O5/c1-28-17-6-5-15(21)11-16(17)22-18(25)7-4-14-3-2-8-23(12-14)19(26)13-24-9-10-29-20(24)27/h5-6,11,14H,2-4,7-10,12-13H2,1H3,(H,22,25)/t14-/m0/s1. The van der Waals surface area contributed by atoms with E-state index in [-0.39, 0.29) is 24.3 Å². The summed E-state index contributed by atoms with van der Waals surface area (Å²) in [6.07, 6.45) is 2.47. The lowest BCUT2D eigenvalue weighted by Gasteiger charge is -2.33. The Labute approximate surface area is 175 Å². The van der Waals surface area contributed by atoms with Crippen molar-refractivity contribution in [3.8, 4) is 5.75 Å². The number of likely N-dealkylation sites (tertiary alicyclic amines) is 1. The van der Waals surface area contributed by atoms with Crippen LogP contribution in [-0.4, -0.2) is 67.6 Å². The van der Waals surface area contributed by atoms with Gasteiger partial charge in [-0.3, -0.25) is 14.5 Å². The number of benzene rings is 1. The molecule has 0 spiro atoms. The van der Waals surface area contributed by atoms with Gasteiger partial charge in [0.15, 0.2) is 0 Å². The van der Waals surface area contributed by atoms with Crippen LogP contribution in [0.2, 0.25) is 5.02 Å². The first kappa shape index (κ1) is 21.2. The van der Waals surface area contributed by atoms with Crippen LogP contribution in [0.1, 0.15) is 25.7 Å². The SMILES string of the molecule is COc1ccc(Cl)cc1NC(=O)CC[C@@H]1CCCN(C(=O)CN2CCOC2=O)C1. The molecule has 1 aromatic rings. The maximum atomic E-state index is 12.5. The molecule has 2 aliphatic rings.